The van der Waals surface area contributed by atoms with Crippen LogP contribution < -0.4 is 10.6 Å². The normalized spacial score (nSPS) is 15.8. The molecule has 1 aliphatic heterocycles. The van der Waals surface area contributed by atoms with E-state index in [2.05, 4.69) is 63.8 Å². The van der Waals surface area contributed by atoms with Gasteiger partial charge in [-0.2, -0.15) is 0 Å². The largest absolute Gasteiger partial charge is 0.359 e. The highest BCUT2D eigenvalue weighted by molar-refractivity contribution is 5.79. The van der Waals surface area contributed by atoms with E-state index in [1.165, 1.54) is 43.5 Å². The van der Waals surface area contributed by atoms with Crippen molar-refractivity contribution in [2.75, 3.05) is 20.1 Å². The quantitative estimate of drug-likeness (QED) is 0.564. The zero-order chi connectivity index (χ0) is 19.8. The van der Waals surface area contributed by atoms with E-state index in [0.717, 1.165) is 30.5 Å². The van der Waals surface area contributed by atoms with Crippen LogP contribution in [0, 0.1) is 0 Å². The van der Waals surface area contributed by atoms with Crippen LogP contribution in [-0.2, 0) is 19.6 Å². The summed E-state index contributed by atoms with van der Waals surface area (Å²) < 4.78 is 5.39. The molecule has 28 heavy (non-hydrogen) atoms. The Kier molecular flexibility index (Phi) is 7.48. The van der Waals surface area contributed by atoms with Crippen LogP contribution in [0.25, 0.3) is 0 Å². The van der Waals surface area contributed by atoms with Gasteiger partial charge in [-0.15, -0.1) is 0 Å². The van der Waals surface area contributed by atoms with Gasteiger partial charge in [0.05, 0.1) is 12.2 Å². The monoisotopic (exact) mass is 383 g/mol. The van der Waals surface area contributed by atoms with Crippen LogP contribution in [-0.4, -0.2) is 36.2 Å². The van der Waals surface area contributed by atoms with Crippen molar-refractivity contribution in [3.05, 3.63) is 52.9 Å². The van der Waals surface area contributed by atoms with Crippen molar-refractivity contribution < 1.29 is 4.52 Å². The molecule has 0 aliphatic carbocycles. The van der Waals surface area contributed by atoms with Crippen molar-refractivity contribution in [2.24, 2.45) is 4.99 Å². The summed E-state index contributed by atoms with van der Waals surface area (Å²) in [6.45, 7) is 8.97. The molecule has 1 aromatic carbocycles. The Labute approximate surface area is 168 Å². The first-order valence-electron chi connectivity index (χ1n) is 10.3. The molecule has 2 heterocycles. The Balaban J connectivity index is 1.53. The molecule has 2 aromatic rings. The highest BCUT2D eigenvalue weighted by Gasteiger charge is 2.13. The van der Waals surface area contributed by atoms with Gasteiger partial charge in [0.15, 0.2) is 11.7 Å². The van der Waals surface area contributed by atoms with Crippen molar-refractivity contribution in [1.29, 1.82) is 0 Å². The second kappa shape index (κ2) is 10.3. The van der Waals surface area contributed by atoms with Gasteiger partial charge in [0.2, 0.25) is 0 Å². The molecule has 6 heteroatoms. The number of aromatic nitrogens is 1. The van der Waals surface area contributed by atoms with Gasteiger partial charge in [-0.05, 0) is 43.0 Å². The molecule has 2 N–H and O–H groups in total. The van der Waals surface area contributed by atoms with Gasteiger partial charge in [0, 0.05) is 26.2 Å². The number of piperidine rings is 1. The molecule has 0 saturated carbocycles. The lowest BCUT2D eigenvalue weighted by molar-refractivity contribution is 0.220. The fourth-order valence-electron chi connectivity index (χ4n) is 3.50. The number of rotatable bonds is 7. The maximum Gasteiger partial charge on any atom is 0.191 e. The van der Waals surface area contributed by atoms with Gasteiger partial charge in [-0.25, -0.2) is 0 Å². The van der Waals surface area contributed by atoms with Crippen LogP contribution in [0.5, 0.6) is 0 Å². The van der Waals surface area contributed by atoms with Crippen molar-refractivity contribution in [3.63, 3.8) is 0 Å². The minimum atomic E-state index is 0.367. The van der Waals surface area contributed by atoms with Crippen molar-refractivity contribution in [3.8, 4) is 0 Å². The summed E-state index contributed by atoms with van der Waals surface area (Å²) in [7, 11) is 1.79. The highest BCUT2D eigenvalue weighted by atomic mass is 16.5. The van der Waals surface area contributed by atoms with Crippen molar-refractivity contribution in [2.45, 2.75) is 58.7 Å². The third-order valence-electron chi connectivity index (χ3n) is 5.23. The molecule has 0 unspecified atom stereocenters. The van der Waals surface area contributed by atoms with Crippen LogP contribution in [0.4, 0.5) is 0 Å². The molecule has 6 nitrogen and oxygen atoms in total. The second-order valence-electron chi connectivity index (χ2n) is 7.76. The van der Waals surface area contributed by atoms with Crippen LogP contribution in [0.15, 0.2) is 39.8 Å². The standard InChI is InChI=1S/C22H33N5O/c1-17(2)21-13-20(28-26-21)15-25-22(23-3)24-14-18-9-5-6-10-19(18)16-27-11-7-4-8-12-27/h5-6,9-10,13,17H,4,7-8,11-12,14-16H2,1-3H3,(H2,23,24,25). The Hall–Kier alpha value is -2.34. The molecule has 1 aromatic heterocycles. The average molecular weight is 384 g/mol. The molecule has 1 fully saturated rings. The van der Waals surface area contributed by atoms with E-state index in [4.69, 9.17) is 4.52 Å². The molecule has 0 atom stereocenters. The third kappa shape index (κ3) is 5.83. The zero-order valence-electron chi connectivity index (χ0n) is 17.4. The number of hydrogen-bond acceptors (Lipinski definition) is 4. The minimum absolute atomic E-state index is 0.367. The Bertz CT molecular complexity index is 762. The SMILES string of the molecule is CN=C(NCc1cc(C(C)C)no1)NCc1ccccc1CN1CCCCC1. The number of hydrogen-bond donors (Lipinski definition) is 2. The summed E-state index contributed by atoms with van der Waals surface area (Å²) in [5.74, 6) is 1.94. The van der Waals surface area contributed by atoms with Crippen LogP contribution in [0.2, 0.25) is 0 Å². The summed E-state index contributed by atoms with van der Waals surface area (Å²) in [6, 6.07) is 10.7. The molecule has 0 spiro atoms. The molecule has 1 saturated heterocycles. The van der Waals surface area contributed by atoms with E-state index in [9.17, 15) is 0 Å². The molecule has 0 amide bonds. The minimum Gasteiger partial charge on any atom is -0.359 e. The average Bonchev–Trinajstić information content (AvgIpc) is 3.19. The zero-order valence-corrected chi connectivity index (χ0v) is 17.4. The lowest BCUT2D eigenvalue weighted by Gasteiger charge is -2.27. The fraction of sp³-hybridized carbons (Fsp3) is 0.545. The van der Waals surface area contributed by atoms with Gasteiger partial charge >= 0.3 is 0 Å². The number of aliphatic imine (C=N–C) groups is 1. The number of nitrogens with zero attached hydrogens (tertiary/aromatic N) is 3. The van der Waals surface area contributed by atoms with Gasteiger partial charge in [0.25, 0.3) is 0 Å². The Morgan fingerprint density at radius 1 is 1.11 bits per heavy atom. The van der Waals surface area contributed by atoms with Gasteiger partial charge in [0.1, 0.15) is 0 Å². The molecular weight excluding hydrogens is 350 g/mol. The van der Waals surface area contributed by atoms with E-state index in [1.54, 1.807) is 7.05 Å². The maximum atomic E-state index is 5.39. The van der Waals surface area contributed by atoms with Crippen LogP contribution in [0.1, 0.15) is 61.6 Å². The topological polar surface area (TPSA) is 65.7 Å². The summed E-state index contributed by atoms with van der Waals surface area (Å²) >= 11 is 0. The molecular formula is C22H33N5O. The van der Waals surface area contributed by atoms with E-state index >= 15 is 0 Å². The number of guanidine groups is 1. The highest BCUT2D eigenvalue weighted by Crippen LogP contribution is 2.16. The maximum absolute atomic E-state index is 5.39. The van der Waals surface area contributed by atoms with Gasteiger partial charge in [-0.1, -0.05) is 49.7 Å². The summed E-state index contributed by atoms with van der Waals surface area (Å²) in [5.41, 5.74) is 3.69. The van der Waals surface area contributed by atoms with Crippen LogP contribution in [0.3, 0.4) is 0 Å². The summed E-state index contributed by atoms with van der Waals surface area (Å²) in [5, 5.41) is 10.8. The molecule has 0 bridgehead atoms. The summed E-state index contributed by atoms with van der Waals surface area (Å²) in [6.07, 6.45) is 4.00. The Morgan fingerprint density at radius 3 is 2.50 bits per heavy atom. The third-order valence-corrected chi connectivity index (χ3v) is 5.23. The van der Waals surface area contributed by atoms with E-state index in [1.807, 2.05) is 6.07 Å². The summed E-state index contributed by atoms with van der Waals surface area (Å²) in [4.78, 5) is 6.89. The van der Waals surface area contributed by atoms with E-state index in [-0.39, 0.29) is 0 Å². The van der Waals surface area contributed by atoms with Gasteiger partial charge < -0.3 is 15.2 Å². The van der Waals surface area contributed by atoms with E-state index in [0.29, 0.717) is 12.5 Å². The number of benzene rings is 1. The van der Waals surface area contributed by atoms with Crippen molar-refractivity contribution >= 4 is 5.96 Å². The van der Waals surface area contributed by atoms with Crippen molar-refractivity contribution in [1.82, 2.24) is 20.7 Å². The first-order chi connectivity index (χ1) is 13.7. The second-order valence-corrected chi connectivity index (χ2v) is 7.76. The first-order valence-corrected chi connectivity index (χ1v) is 10.3. The Morgan fingerprint density at radius 2 is 1.82 bits per heavy atom. The lowest BCUT2D eigenvalue weighted by Crippen LogP contribution is -2.36. The fourth-order valence-corrected chi connectivity index (χ4v) is 3.50. The van der Waals surface area contributed by atoms with E-state index < -0.39 is 0 Å². The number of nitrogens with one attached hydrogen (secondary N) is 2. The smallest absolute Gasteiger partial charge is 0.191 e. The molecule has 3 rings (SSSR count). The molecule has 0 radical (unpaired) electrons. The molecule has 152 valence electrons. The number of likely N-dealkylation sites (tertiary alicyclic amines) is 1. The molecule has 1 aliphatic rings. The first kappa shape index (κ1) is 20.4. The predicted molar refractivity (Wildman–Crippen MR) is 113 cm³/mol. The van der Waals surface area contributed by atoms with Crippen LogP contribution >= 0.6 is 0 Å². The predicted octanol–water partition coefficient (Wildman–Crippen LogP) is 3.65. The lowest BCUT2D eigenvalue weighted by atomic mass is 10.0. The van der Waals surface area contributed by atoms with Gasteiger partial charge in [-0.3, -0.25) is 9.89 Å².